The van der Waals surface area contributed by atoms with Gasteiger partial charge in [0.05, 0.1) is 5.56 Å². The van der Waals surface area contributed by atoms with Gasteiger partial charge in [-0.25, -0.2) is 4.39 Å². The molecular formula is C22H25F4N3O. The average Bonchev–Trinajstić information content (AvgIpc) is 3.13. The standard InChI is InChI=1S/C22H25F4N3O/c23-19-6-5-16(15-18(19)22(24,25)26)28-13-11-27(12-14-28)8-2-9-29-10-7-17-20(29)3-1-4-21(17)30/h5-7,10,15H,1-4,8-9,11-14H2. The van der Waals surface area contributed by atoms with E-state index < -0.39 is 17.6 Å². The summed E-state index contributed by atoms with van der Waals surface area (Å²) in [4.78, 5) is 16.1. The van der Waals surface area contributed by atoms with Gasteiger partial charge in [0.15, 0.2) is 5.78 Å². The van der Waals surface area contributed by atoms with E-state index in [1.807, 2.05) is 17.2 Å². The molecule has 0 unspecified atom stereocenters. The van der Waals surface area contributed by atoms with Gasteiger partial charge in [0.25, 0.3) is 0 Å². The maximum absolute atomic E-state index is 13.5. The van der Waals surface area contributed by atoms with Gasteiger partial charge in [-0.3, -0.25) is 9.69 Å². The number of carbonyl (C=O) groups is 1. The zero-order valence-electron chi connectivity index (χ0n) is 16.7. The predicted molar refractivity (Wildman–Crippen MR) is 106 cm³/mol. The summed E-state index contributed by atoms with van der Waals surface area (Å²) in [6.07, 6.45) is 0.758. The highest BCUT2D eigenvalue weighted by Gasteiger charge is 2.34. The maximum atomic E-state index is 13.5. The van der Waals surface area contributed by atoms with Crippen molar-refractivity contribution in [2.45, 2.75) is 38.4 Å². The van der Waals surface area contributed by atoms with Gasteiger partial charge in [-0.15, -0.1) is 0 Å². The average molecular weight is 423 g/mol. The maximum Gasteiger partial charge on any atom is 0.419 e. The second-order valence-electron chi connectivity index (χ2n) is 7.99. The van der Waals surface area contributed by atoms with E-state index in [2.05, 4.69) is 9.47 Å². The van der Waals surface area contributed by atoms with Crippen LogP contribution in [0.3, 0.4) is 0 Å². The molecule has 2 aliphatic rings. The summed E-state index contributed by atoms with van der Waals surface area (Å²) < 4.78 is 54.6. The fourth-order valence-electron chi connectivity index (χ4n) is 4.42. The van der Waals surface area contributed by atoms with Crippen molar-refractivity contribution in [3.05, 3.63) is 53.1 Å². The fourth-order valence-corrected chi connectivity index (χ4v) is 4.42. The second-order valence-corrected chi connectivity index (χ2v) is 7.99. The first-order valence-corrected chi connectivity index (χ1v) is 10.4. The minimum atomic E-state index is -4.69. The van der Waals surface area contributed by atoms with E-state index >= 15 is 0 Å². The Bertz CT molecular complexity index is 914. The molecule has 0 saturated carbocycles. The predicted octanol–water partition coefficient (Wildman–Crippen LogP) is 4.38. The van der Waals surface area contributed by atoms with Gasteiger partial charge >= 0.3 is 6.18 Å². The van der Waals surface area contributed by atoms with E-state index in [1.165, 1.54) is 6.07 Å². The summed E-state index contributed by atoms with van der Waals surface area (Å²) in [5.74, 6) is -1.00. The Morgan fingerprint density at radius 1 is 0.967 bits per heavy atom. The highest BCUT2D eigenvalue weighted by Crippen LogP contribution is 2.34. The normalized spacial score (nSPS) is 18.0. The lowest BCUT2D eigenvalue weighted by Gasteiger charge is -2.36. The zero-order chi connectivity index (χ0) is 21.3. The van der Waals surface area contributed by atoms with Crippen LogP contribution in [-0.2, 0) is 19.1 Å². The molecule has 1 saturated heterocycles. The van der Waals surface area contributed by atoms with Crippen molar-refractivity contribution in [3.63, 3.8) is 0 Å². The number of piperazine rings is 1. The number of nitrogens with zero attached hydrogens (tertiary/aromatic N) is 3. The number of fused-ring (bicyclic) bond motifs is 1. The zero-order valence-corrected chi connectivity index (χ0v) is 16.7. The van der Waals surface area contributed by atoms with Crippen LogP contribution in [0.1, 0.15) is 40.9 Å². The summed E-state index contributed by atoms with van der Waals surface area (Å²) in [5, 5.41) is 0. The van der Waals surface area contributed by atoms with Gasteiger partial charge in [-0.2, -0.15) is 13.2 Å². The molecular weight excluding hydrogens is 398 g/mol. The minimum absolute atomic E-state index is 0.237. The van der Waals surface area contributed by atoms with Crippen LogP contribution in [0.25, 0.3) is 0 Å². The number of ketones is 1. The van der Waals surface area contributed by atoms with Crippen molar-refractivity contribution in [1.29, 1.82) is 0 Å². The molecule has 1 aromatic heterocycles. The van der Waals surface area contributed by atoms with Crippen molar-refractivity contribution >= 4 is 11.5 Å². The first-order valence-electron chi connectivity index (χ1n) is 10.4. The topological polar surface area (TPSA) is 28.5 Å². The quantitative estimate of drug-likeness (QED) is 0.669. The molecule has 4 rings (SSSR count). The molecule has 0 atom stereocenters. The van der Waals surface area contributed by atoms with Gasteiger partial charge in [0.2, 0.25) is 0 Å². The second kappa shape index (κ2) is 8.41. The fraction of sp³-hybridized carbons (Fsp3) is 0.500. The Hall–Kier alpha value is -2.35. The summed E-state index contributed by atoms with van der Waals surface area (Å²) in [6.45, 7) is 4.47. The molecule has 0 spiro atoms. The van der Waals surface area contributed by atoms with Crippen LogP contribution in [0, 0.1) is 5.82 Å². The molecule has 0 bridgehead atoms. The third-order valence-electron chi connectivity index (χ3n) is 6.06. The number of aromatic nitrogens is 1. The first kappa shape index (κ1) is 20.9. The van der Waals surface area contributed by atoms with E-state index in [0.29, 0.717) is 25.2 Å². The minimum Gasteiger partial charge on any atom is -0.369 e. The molecule has 2 heterocycles. The van der Waals surface area contributed by atoms with Gasteiger partial charge in [0, 0.05) is 62.3 Å². The first-order chi connectivity index (χ1) is 14.3. The lowest BCUT2D eigenvalue weighted by atomic mass is 9.97. The third-order valence-corrected chi connectivity index (χ3v) is 6.06. The number of rotatable bonds is 5. The van der Waals surface area contributed by atoms with Crippen LogP contribution < -0.4 is 4.90 Å². The molecule has 2 aromatic rings. The van der Waals surface area contributed by atoms with Crippen molar-refractivity contribution in [3.8, 4) is 0 Å². The summed E-state index contributed by atoms with van der Waals surface area (Å²) in [7, 11) is 0. The summed E-state index contributed by atoms with van der Waals surface area (Å²) in [5.41, 5.74) is 1.21. The Morgan fingerprint density at radius 2 is 1.73 bits per heavy atom. The van der Waals surface area contributed by atoms with Crippen molar-refractivity contribution in [1.82, 2.24) is 9.47 Å². The molecule has 162 valence electrons. The van der Waals surface area contributed by atoms with Gasteiger partial charge in [-0.1, -0.05) is 0 Å². The number of halogens is 4. The largest absolute Gasteiger partial charge is 0.419 e. The number of benzene rings is 1. The van der Waals surface area contributed by atoms with Crippen LogP contribution >= 0.6 is 0 Å². The third kappa shape index (κ3) is 4.38. The number of carbonyl (C=O) groups excluding carboxylic acids is 1. The lowest BCUT2D eigenvalue weighted by Crippen LogP contribution is -2.46. The molecule has 1 aromatic carbocycles. The van der Waals surface area contributed by atoms with Gasteiger partial charge in [0.1, 0.15) is 5.82 Å². The molecule has 0 radical (unpaired) electrons. The van der Waals surface area contributed by atoms with E-state index in [-0.39, 0.29) is 5.78 Å². The molecule has 1 aliphatic carbocycles. The summed E-state index contributed by atoms with van der Waals surface area (Å²) in [6, 6.07) is 5.14. The molecule has 8 heteroatoms. The van der Waals surface area contributed by atoms with E-state index in [1.54, 1.807) is 0 Å². The number of hydrogen-bond donors (Lipinski definition) is 0. The number of alkyl halides is 3. The van der Waals surface area contributed by atoms with Crippen molar-refractivity contribution in [2.75, 3.05) is 37.6 Å². The number of aryl methyl sites for hydroxylation is 1. The number of hydrogen-bond acceptors (Lipinski definition) is 3. The van der Waals surface area contributed by atoms with Gasteiger partial charge < -0.3 is 9.47 Å². The summed E-state index contributed by atoms with van der Waals surface area (Å²) >= 11 is 0. The van der Waals surface area contributed by atoms with E-state index in [0.717, 1.165) is 68.8 Å². The molecule has 30 heavy (non-hydrogen) atoms. The Morgan fingerprint density at radius 3 is 2.47 bits per heavy atom. The Kier molecular flexibility index (Phi) is 5.86. The van der Waals surface area contributed by atoms with Crippen LogP contribution in [0.4, 0.5) is 23.2 Å². The Labute approximate surface area is 173 Å². The Balaban J connectivity index is 1.28. The van der Waals surface area contributed by atoms with E-state index in [4.69, 9.17) is 0 Å². The van der Waals surface area contributed by atoms with E-state index in [9.17, 15) is 22.4 Å². The molecule has 1 fully saturated rings. The monoisotopic (exact) mass is 423 g/mol. The smallest absolute Gasteiger partial charge is 0.369 e. The van der Waals surface area contributed by atoms with Gasteiger partial charge in [-0.05, 0) is 50.1 Å². The SMILES string of the molecule is O=C1CCCc2c1ccn2CCCN1CCN(c2ccc(F)c(C(F)(F)F)c2)CC1. The van der Waals surface area contributed by atoms with Crippen LogP contribution in [0.2, 0.25) is 0 Å². The highest BCUT2D eigenvalue weighted by atomic mass is 19.4. The lowest BCUT2D eigenvalue weighted by molar-refractivity contribution is -0.139. The number of Topliss-reactive ketones (excluding diaryl/α,β-unsaturated/α-hetero) is 1. The van der Waals surface area contributed by atoms with Crippen LogP contribution in [0.5, 0.6) is 0 Å². The number of anilines is 1. The van der Waals surface area contributed by atoms with Crippen LogP contribution in [0.15, 0.2) is 30.5 Å². The molecule has 4 nitrogen and oxygen atoms in total. The molecule has 0 amide bonds. The van der Waals surface area contributed by atoms with Crippen molar-refractivity contribution < 1.29 is 22.4 Å². The van der Waals surface area contributed by atoms with Crippen LogP contribution in [-0.4, -0.2) is 48.0 Å². The molecule has 1 aliphatic heterocycles. The molecule has 0 N–H and O–H groups in total. The van der Waals surface area contributed by atoms with Crippen molar-refractivity contribution in [2.24, 2.45) is 0 Å². The highest BCUT2D eigenvalue weighted by molar-refractivity contribution is 5.98.